The Hall–Kier alpha value is -8.12. The van der Waals surface area contributed by atoms with Crippen LogP contribution >= 0.6 is 0 Å². The van der Waals surface area contributed by atoms with Crippen molar-refractivity contribution in [3.8, 4) is 23.0 Å². The van der Waals surface area contributed by atoms with Crippen LogP contribution in [0.25, 0.3) is 22.1 Å². The van der Waals surface area contributed by atoms with E-state index >= 15 is 0 Å². The summed E-state index contributed by atoms with van der Waals surface area (Å²) in [5, 5.41) is 42.8. The highest BCUT2D eigenvalue weighted by atomic mass is 16.3. The molecule has 0 aliphatic carbocycles. The number of nitrogens with zero attached hydrogens (tertiary/aromatic N) is 8. The molecule has 0 radical (unpaired) electrons. The Balaban J connectivity index is 0.000000241. The Morgan fingerprint density at radius 2 is 0.605 bits per heavy atom. The van der Waals surface area contributed by atoms with Gasteiger partial charge in [-0.25, -0.2) is 19.9 Å². The second-order valence-electron chi connectivity index (χ2n) is 23.5. The molecule has 392 valence electrons. The SMILES string of the molecule is Cc1nc2cc(N=Cc3cc(C(C)(C)C)cc(C(C)(C)C)c3O)c(N=Cc3cc(C(C)(C)C)cc(C(C)(C)C)c3O)cc2nc1C.Cc1nc2cc(N=Cc3ccccc3O)c(N=Cc3ccccc3O)cc2nc1C. The first-order valence-electron chi connectivity index (χ1n) is 25.5. The third-order valence-corrected chi connectivity index (χ3v) is 13.2. The molecule has 0 saturated carbocycles. The first-order chi connectivity index (χ1) is 35.5. The van der Waals surface area contributed by atoms with Gasteiger partial charge in [0.05, 0.1) is 67.6 Å². The lowest BCUT2D eigenvalue weighted by atomic mass is 9.79. The Kier molecular flexibility index (Phi) is 15.8. The van der Waals surface area contributed by atoms with Crippen molar-refractivity contribution < 1.29 is 20.4 Å². The number of aryl methyl sites for hydroxylation is 4. The van der Waals surface area contributed by atoms with Crippen molar-refractivity contribution in [3.05, 3.63) is 164 Å². The highest BCUT2D eigenvalue weighted by molar-refractivity contribution is 5.95. The van der Waals surface area contributed by atoms with Crippen LogP contribution in [0.1, 0.15) is 150 Å². The van der Waals surface area contributed by atoms with E-state index in [4.69, 9.17) is 20.0 Å². The van der Waals surface area contributed by atoms with Crippen molar-refractivity contribution in [1.82, 2.24) is 19.9 Å². The summed E-state index contributed by atoms with van der Waals surface area (Å²) in [6.45, 7) is 33.3. The van der Waals surface area contributed by atoms with Gasteiger partial charge in [-0.2, -0.15) is 0 Å². The minimum Gasteiger partial charge on any atom is -0.507 e. The lowest BCUT2D eigenvalue weighted by molar-refractivity contribution is 0.443. The normalized spacial score (nSPS) is 12.7. The van der Waals surface area contributed by atoms with Gasteiger partial charge in [-0.3, -0.25) is 20.0 Å². The van der Waals surface area contributed by atoms with Gasteiger partial charge in [0.2, 0.25) is 0 Å². The third kappa shape index (κ3) is 13.0. The standard InChI is InChI=1S/C40H52N4O2.C24H20N4O2/c1-23-24(2)44-34-20-32(42-22-26-16-28(38(6,7)8)18-30(36(26)46)40(12,13)14)31(19-33(34)43-23)41-21-25-15-27(37(3,4)5)17-29(35(25)45)39(9,10)11;1-15-16(2)28-22-12-20(26-14-18-8-4-6-10-24(18)30)19(11-21(22)27-15)25-13-17-7-3-5-9-23(17)29/h15-22,45-46H,1-14H3;3-14,29-30H,1-2H3. The molecular weight excluding hydrogens is 945 g/mol. The minimum atomic E-state index is -0.257. The predicted octanol–water partition coefficient (Wildman–Crippen LogP) is 15.5. The summed E-state index contributed by atoms with van der Waals surface area (Å²) >= 11 is 0. The topological polar surface area (TPSA) is 182 Å². The van der Waals surface area contributed by atoms with Crippen LogP contribution in [0.3, 0.4) is 0 Å². The molecule has 0 bridgehead atoms. The minimum absolute atomic E-state index is 0.116. The molecule has 0 atom stereocenters. The van der Waals surface area contributed by atoms with Gasteiger partial charge < -0.3 is 20.4 Å². The molecule has 0 spiro atoms. The van der Waals surface area contributed by atoms with Gasteiger partial charge in [0.1, 0.15) is 23.0 Å². The van der Waals surface area contributed by atoms with Crippen molar-refractivity contribution in [1.29, 1.82) is 0 Å². The number of aromatic hydroxyl groups is 4. The molecule has 0 aliphatic rings. The maximum Gasteiger partial charge on any atom is 0.128 e. The molecule has 8 aromatic rings. The molecule has 0 aliphatic heterocycles. The molecule has 4 N–H and O–H groups in total. The fourth-order valence-corrected chi connectivity index (χ4v) is 8.20. The number of hydrogen-bond acceptors (Lipinski definition) is 12. The third-order valence-electron chi connectivity index (χ3n) is 13.2. The van der Waals surface area contributed by atoms with Crippen LogP contribution in [-0.4, -0.2) is 65.2 Å². The zero-order valence-electron chi connectivity index (χ0n) is 46.9. The predicted molar refractivity (Wildman–Crippen MR) is 314 cm³/mol. The number of rotatable bonds is 8. The number of phenols is 4. The van der Waals surface area contributed by atoms with Crippen molar-refractivity contribution in [2.45, 2.75) is 132 Å². The molecule has 0 fully saturated rings. The van der Waals surface area contributed by atoms with E-state index in [2.05, 4.69) is 115 Å². The summed E-state index contributed by atoms with van der Waals surface area (Å²) in [6, 6.07) is 29.6. The molecule has 0 saturated heterocycles. The average molecular weight is 1020 g/mol. The van der Waals surface area contributed by atoms with Gasteiger partial charge in [-0.05, 0) is 121 Å². The van der Waals surface area contributed by atoms with E-state index in [0.717, 1.165) is 45.0 Å². The molecule has 0 amide bonds. The Morgan fingerprint density at radius 3 is 0.855 bits per heavy atom. The number of para-hydroxylation sites is 2. The van der Waals surface area contributed by atoms with Gasteiger partial charge in [-0.15, -0.1) is 0 Å². The van der Waals surface area contributed by atoms with Crippen LogP contribution in [0, 0.1) is 27.7 Å². The van der Waals surface area contributed by atoms with Crippen molar-refractivity contribution >= 4 is 69.7 Å². The van der Waals surface area contributed by atoms with Gasteiger partial charge >= 0.3 is 0 Å². The first-order valence-corrected chi connectivity index (χ1v) is 25.5. The number of hydrogen-bond donors (Lipinski definition) is 4. The fraction of sp³-hybridized carbons (Fsp3) is 0.312. The summed E-state index contributed by atoms with van der Waals surface area (Å²) in [5.41, 5.74) is 14.3. The quantitative estimate of drug-likeness (QED) is 0.108. The fourth-order valence-electron chi connectivity index (χ4n) is 8.20. The summed E-state index contributed by atoms with van der Waals surface area (Å²) in [5.74, 6) is 0.736. The summed E-state index contributed by atoms with van der Waals surface area (Å²) in [7, 11) is 0. The molecule has 12 nitrogen and oxygen atoms in total. The first kappa shape index (κ1) is 55.6. The van der Waals surface area contributed by atoms with Gasteiger partial charge in [0.15, 0.2) is 0 Å². The van der Waals surface area contributed by atoms with Crippen molar-refractivity contribution in [2.75, 3.05) is 0 Å². The molecule has 2 heterocycles. The van der Waals surface area contributed by atoms with Gasteiger partial charge in [-0.1, -0.05) is 119 Å². The van der Waals surface area contributed by atoms with E-state index in [-0.39, 0.29) is 44.7 Å². The lowest BCUT2D eigenvalue weighted by Gasteiger charge is -2.27. The van der Waals surface area contributed by atoms with Crippen LogP contribution in [0.4, 0.5) is 22.7 Å². The highest BCUT2D eigenvalue weighted by Gasteiger charge is 2.26. The van der Waals surface area contributed by atoms with E-state index < -0.39 is 0 Å². The molecular formula is C64H72N8O4. The second kappa shape index (κ2) is 21.6. The molecule has 12 heteroatoms. The zero-order chi connectivity index (χ0) is 55.7. The van der Waals surface area contributed by atoms with E-state index in [9.17, 15) is 20.4 Å². The van der Waals surface area contributed by atoms with Crippen LogP contribution in [0.2, 0.25) is 0 Å². The largest absolute Gasteiger partial charge is 0.507 e. The molecule has 8 rings (SSSR count). The number of aliphatic imine (C=N–C) groups is 4. The zero-order valence-corrected chi connectivity index (χ0v) is 46.9. The van der Waals surface area contributed by atoms with Crippen molar-refractivity contribution in [3.63, 3.8) is 0 Å². The Morgan fingerprint density at radius 1 is 0.342 bits per heavy atom. The lowest BCUT2D eigenvalue weighted by Crippen LogP contribution is -2.17. The molecule has 76 heavy (non-hydrogen) atoms. The van der Waals surface area contributed by atoms with E-state index in [1.54, 1.807) is 61.3 Å². The Labute approximate surface area is 447 Å². The van der Waals surface area contributed by atoms with Gasteiger partial charge in [0.25, 0.3) is 0 Å². The Bertz CT molecular complexity index is 3380. The summed E-state index contributed by atoms with van der Waals surface area (Å²) < 4.78 is 0. The number of aromatic nitrogens is 4. The van der Waals surface area contributed by atoms with Gasteiger partial charge in [0, 0.05) is 58.2 Å². The summed E-state index contributed by atoms with van der Waals surface area (Å²) in [6.07, 6.45) is 6.60. The van der Waals surface area contributed by atoms with Crippen LogP contribution in [-0.2, 0) is 21.7 Å². The number of benzene rings is 6. The molecule has 0 unspecified atom stereocenters. The van der Waals surface area contributed by atoms with E-state index in [1.807, 2.05) is 76.2 Å². The maximum absolute atomic E-state index is 11.4. The molecule has 2 aromatic heterocycles. The monoisotopic (exact) mass is 1020 g/mol. The number of fused-ring (bicyclic) bond motifs is 2. The smallest absolute Gasteiger partial charge is 0.128 e. The average Bonchev–Trinajstić information content (AvgIpc) is 3.32. The highest BCUT2D eigenvalue weighted by Crippen LogP contribution is 2.41. The number of phenolic OH excluding ortho intramolecular Hbond substituents is 4. The maximum atomic E-state index is 11.4. The van der Waals surface area contributed by atoms with E-state index in [1.165, 1.54) is 0 Å². The molecule has 6 aromatic carbocycles. The van der Waals surface area contributed by atoms with E-state index in [0.29, 0.717) is 67.1 Å². The van der Waals surface area contributed by atoms with Crippen LogP contribution in [0.5, 0.6) is 23.0 Å². The van der Waals surface area contributed by atoms with Crippen LogP contribution in [0.15, 0.2) is 117 Å². The van der Waals surface area contributed by atoms with Crippen molar-refractivity contribution in [2.24, 2.45) is 20.0 Å². The second-order valence-corrected chi connectivity index (χ2v) is 23.5. The summed E-state index contributed by atoms with van der Waals surface area (Å²) in [4.78, 5) is 37.7. The van der Waals surface area contributed by atoms with Crippen LogP contribution < -0.4 is 0 Å².